The van der Waals surface area contributed by atoms with Gasteiger partial charge >= 0.3 is 0 Å². The van der Waals surface area contributed by atoms with Gasteiger partial charge in [-0.1, -0.05) is 17.7 Å². The molecule has 0 atom stereocenters. The molecule has 1 aliphatic rings. The molecule has 0 saturated carbocycles. The maximum atomic E-state index is 5.73. The Morgan fingerprint density at radius 2 is 1.97 bits per heavy atom. The minimum atomic E-state index is -0.0364. The molecule has 29 heavy (non-hydrogen) atoms. The largest absolute Gasteiger partial charge is 0.496 e. The first-order valence-electron chi connectivity index (χ1n) is 10.4. The maximum absolute atomic E-state index is 5.73. The summed E-state index contributed by atoms with van der Waals surface area (Å²) in [5, 5.41) is 7.00. The zero-order chi connectivity index (χ0) is 20.7. The van der Waals surface area contributed by atoms with Crippen LogP contribution in [0.3, 0.4) is 0 Å². The van der Waals surface area contributed by atoms with E-state index in [2.05, 4.69) is 61.7 Å². The monoisotopic (exact) mass is 415 g/mol. The smallest absolute Gasteiger partial charge is 0.191 e. The normalized spacial score (nSPS) is 16.5. The van der Waals surface area contributed by atoms with Gasteiger partial charge in [0.15, 0.2) is 5.96 Å². The number of rotatable bonds is 7. The van der Waals surface area contributed by atoms with Gasteiger partial charge in [-0.05, 0) is 51.8 Å². The molecular formula is C23H33N3O2S. The van der Waals surface area contributed by atoms with Crippen molar-refractivity contribution in [3.63, 3.8) is 0 Å². The molecule has 0 spiro atoms. The summed E-state index contributed by atoms with van der Waals surface area (Å²) in [6.07, 6.45) is 1.92. The highest BCUT2D eigenvalue weighted by atomic mass is 32.1. The SMILES string of the molecule is CCNC(=NCc1ccc(C)s1)NCC1(c2cc(C)ccc2OC)CCOCC1. The van der Waals surface area contributed by atoms with Gasteiger partial charge in [0.05, 0.1) is 13.7 Å². The molecule has 1 aliphatic heterocycles. The minimum absolute atomic E-state index is 0.0364. The number of guanidine groups is 1. The van der Waals surface area contributed by atoms with Crippen LogP contribution in [0, 0.1) is 13.8 Å². The summed E-state index contributed by atoms with van der Waals surface area (Å²) >= 11 is 1.80. The summed E-state index contributed by atoms with van der Waals surface area (Å²) in [4.78, 5) is 7.41. The van der Waals surface area contributed by atoms with Gasteiger partial charge < -0.3 is 20.1 Å². The van der Waals surface area contributed by atoms with Crippen LogP contribution in [-0.4, -0.2) is 39.4 Å². The van der Waals surface area contributed by atoms with Gasteiger partial charge in [-0.3, -0.25) is 0 Å². The molecule has 0 unspecified atom stereocenters. The second-order valence-corrected chi connectivity index (χ2v) is 9.03. The van der Waals surface area contributed by atoms with E-state index in [0.29, 0.717) is 6.54 Å². The predicted molar refractivity (Wildman–Crippen MR) is 121 cm³/mol. The van der Waals surface area contributed by atoms with Crippen LogP contribution >= 0.6 is 11.3 Å². The van der Waals surface area contributed by atoms with Crippen molar-refractivity contribution in [3.8, 4) is 5.75 Å². The third kappa shape index (κ3) is 5.52. The van der Waals surface area contributed by atoms with Crippen LogP contribution in [-0.2, 0) is 16.7 Å². The molecule has 0 aliphatic carbocycles. The molecule has 1 aromatic heterocycles. The van der Waals surface area contributed by atoms with Gasteiger partial charge in [0, 0.05) is 47.0 Å². The Bertz CT molecular complexity index is 825. The van der Waals surface area contributed by atoms with Gasteiger partial charge in [-0.15, -0.1) is 11.3 Å². The Balaban J connectivity index is 1.81. The topological polar surface area (TPSA) is 54.9 Å². The Morgan fingerprint density at radius 3 is 2.62 bits per heavy atom. The second-order valence-electron chi connectivity index (χ2n) is 7.66. The molecule has 5 nitrogen and oxygen atoms in total. The average Bonchev–Trinajstić information content (AvgIpc) is 3.16. The van der Waals surface area contributed by atoms with Crippen molar-refractivity contribution in [1.29, 1.82) is 0 Å². The standard InChI is InChI=1S/C23H33N3O2S/c1-5-24-22(25-15-19-8-7-18(3)29-19)26-16-23(10-12-28-13-11-23)20-14-17(2)6-9-21(20)27-4/h6-9,14H,5,10-13,15-16H2,1-4H3,(H2,24,25,26). The van der Waals surface area contributed by atoms with Crippen molar-refractivity contribution >= 4 is 17.3 Å². The summed E-state index contributed by atoms with van der Waals surface area (Å²) in [5.74, 6) is 1.81. The zero-order valence-electron chi connectivity index (χ0n) is 18.0. The predicted octanol–water partition coefficient (Wildman–Crippen LogP) is 4.18. The number of benzene rings is 1. The van der Waals surface area contributed by atoms with E-state index in [-0.39, 0.29) is 5.41 Å². The first kappa shape index (κ1) is 21.7. The number of nitrogens with zero attached hydrogens (tertiary/aromatic N) is 1. The van der Waals surface area contributed by atoms with Gasteiger partial charge in [-0.2, -0.15) is 0 Å². The Hall–Kier alpha value is -2.05. The highest BCUT2D eigenvalue weighted by Crippen LogP contribution is 2.40. The second kappa shape index (κ2) is 10.1. The zero-order valence-corrected chi connectivity index (χ0v) is 18.8. The molecule has 6 heteroatoms. The van der Waals surface area contributed by atoms with E-state index in [4.69, 9.17) is 14.5 Å². The van der Waals surface area contributed by atoms with Gasteiger partial charge in [-0.25, -0.2) is 4.99 Å². The highest BCUT2D eigenvalue weighted by Gasteiger charge is 2.37. The van der Waals surface area contributed by atoms with Crippen molar-refractivity contribution in [2.45, 2.75) is 45.6 Å². The van der Waals surface area contributed by atoms with Crippen LogP contribution in [0.25, 0.3) is 0 Å². The summed E-state index contributed by atoms with van der Waals surface area (Å²) in [7, 11) is 1.75. The fraction of sp³-hybridized carbons (Fsp3) is 0.522. The number of hydrogen-bond acceptors (Lipinski definition) is 4. The van der Waals surface area contributed by atoms with E-state index >= 15 is 0 Å². The summed E-state index contributed by atoms with van der Waals surface area (Å²) in [5.41, 5.74) is 2.48. The minimum Gasteiger partial charge on any atom is -0.496 e. The third-order valence-electron chi connectivity index (χ3n) is 5.50. The van der Waals surface area contributed by atoms with Crippen molar-refractivity contribution < 1.29 is 9.47 Å². The lowest BCUT2D eigenvalue weighted by Gasteiger charge is -2.39. The lowest BCUT2D eigenvalue weighted by atomic mass is 9.73. The van der Waals surface area contributed by atoms with Gasteiger partial charge in [0.1, 0.15) is 5.75 Å². The summed E-state index contributed by atoms with van der Waals surface area (Å²) in [6, 6.07) is 10.8. The van der Waals surface area contributed by atoms with E-state index in [1.54, 1.807) is 18.4 Å². The molecule has 0 bridgehead atoms. The van der Waals surface area contributed by atoms with E-state index in [1.165, 1.54) is 20.9 Å². The molecule has 2 aromatic rings. The highest BCUT2D eigenvalue weighted by molar-refractivity contribution is 7.11. The van der Waals surface area contributed by atoms with E-state index in [1.807, 2.05) is 0 Å². The fourth-order valence-electron chi connectivity index (χ4n) is 3.86. The summed E-state index contributed by atoms with van der Waals surface area (Å²) < 4.78 is 11.4. The number of nitrogens with one attached hydrogen (secondary N) is 2. The fourth-order valence-corrected chi connectivity index (χ4v) is 4.68. The molecule has 1 saturated heterocycles. The number of hydrogen-bond donors (Lipinski definition) is 2. The van der Waals surface area contributed by atoms with Gasteiger partial charge in [0.2, 0.25) is 0 Å². The van der Waals surface area contributed by atoms with Crippen molar-refractivity contribution in [1.82, 2.24) is 10.6 Å². The number of aryl methyl sites for hydroxylation is 2. The first-order valence-corrected chi connectivity index (χ1v) is 11.2. The number of aliphatic imine (C=N–C) groups is 1. The van der Waals surface area contributed by atoms with Gasteiger partial charge in [0.25, 0.3) is 0 Å². The molecule has 2 heterocycles. The number of thiophene rings is 1. The quantitative estimate of drug-likeness (QED) is 0.526. The molecule has 3 rings (SSSR count). The number of ether oxygens (including phenoxy) is 2. The molecule has 1 fully saturated rings. The average molecular weight is 416 g/mol. The van der Waals surface area contributed by atoms with Crippen molar-refractivity contribution in [2.24, 2.45) is 4.99 Å². The Labute approximate surface area is 178 Å². The molecule has 158 valence electrons. The number of methoxy groups -OCH3 is 1. The lowest BCUT2D eigenvalue weighted by molar-refractivity contribution is 0.0505. The van der Waals surface area contributed by atoms with Crippen molar-refractivity contribution in [2.75, 3.05) is 33.4 Å². The van der Waals surface area contributed by atoms with E-state index < -0.39 is 0 Å². The van der Waals surface area contributed by atoms with Crippen LogP contribution in [0.15, 0.2) is 35.3 Å². The Kier molecular flexibility index (Phi) is 7.56. The van der Waals surface area contributed by atoms with Crippen LogP contribution in [0.4, 0.5) is 0 Å². The van der Waals surface area contributed by atoms with Crippen LogP contribution < -0.4 is 15.4 Å². The molecule has 1 aromatic carbocycles. The summed E-state index contributed by atoms with van der Waals surface area (Å²) in [6.45, 7) is 10.2. The van der Waals surface area contributed by atoms with Crippen LogP contribution in [0.2, 0.25) is 0 Å². The molecular weight excluding hydrogens is 382 g/mol. The lowest BCUT2D eigenvalue weighted by Crippen LogP contribution is -2.48. The van der Waals surface area contributed by atoms with Crippen molar-refractivity contribution in [3.05, 3.63) is 51.2 Å². The van der Waals surface area contributed by atoms with Crippen LogP contribution in [0.5, 0.6) is 5.75 Å². The van der Waals surface area contributed by atoms with E-state index in [9.17, 15) is 0 Å². The van der Waals surface area contributed by atoms with Crippen LogP contribution in [0.1, 0.15) is 40.6 Å². The van der Waals surface area contributed by atoms with E-state index in [0.717, 1.165) is 50.9 Å². The molecule has 2 N–H and O–H groups in total. The third-order valence-corrected chi connectivity index (χ3v) is 6.49. The Morgan fingerprint density at radius 1 is 1.17 bits per heavy atom. The molecule has 0 amide bonds. The first-order chi connectivity index (χ1) is 14.1. The maximum Gasteiger partial charge on any atom is 0.191 e. The molecule has 0 radical (unpaired) electrons.